The molecule has 0 bridgehead atoms. The fraction of sp³-hybridized carbons (Fsp3) is 0.250. The van der Waals surface area contributed by atoms with Crippen molar-refractivity contribution in [3.63, 3.8) is 0 Å². The number of aryl methyl sites for hydroxylation is 1. The smallest absolute Gasteiger partial charge is 0.190 e. The number of Topliss-reactive ketones (excluding diaryl/α,β-unsaturated/α-hetero) is 1. The van der Waals surface area contributed by atoms with Crippen LogP contribution in [0.4, 0.5) is 5.69 Å². The van der Waals surface area contributed by atoms with E-state index in [1.807, 2.05) is 17.7 Å². The number of nitrogen functional groups attached to an aromatic ring is 1. The molecule has 0 saturated heterocycles. The van der Waals surface area contributed by atoms with Crippen molar-refractivity contribution in [3.05, 3.63) is 42.2 Å². The van der Waals surface area contributed by atoms with E-state index >= 15 is 0 Å². The first-order valence-electron chi connectivity index (χ1n) is 5.46. The molecule has 0 aliphatic rings. The van der Waals surface area contributed by atoms with Gasteiger partial charge in [-0.3, -0.25) is 9.78 Å². The van der Waals surface area contributed by atoms with Crippen molar-refractivity contribution < 1.29 is 4.79 Å². The summed E-state index contributed by atoms with van der Waals surface area (Å²) < 4.78 is 1.93. The average molecular weight is 230 g/mol. The molecule has 0 fully saturated rings. The predicted octanol–water partition coefficient (Wildman–Crippen LogP) is 1.31. The molecule has 0 aliphatic heterocycles. The monoisotopic (exact) mass is 230 g/mol. The van der Waals surface area contributed by atoms with Crippen LogP contribution in [-0.4, -0.2) is 20.3 Å². The quantitative estimate of drug-likeness (QED) is 0.803. The van der Waals surface area contributed by atoms with E-state index in [0.717, 1.165) is 12.4 Å². The largest absolute Gasteiger partial charge is 0.397 e. The number of pyridine rings is 1. The highest BCUT2D eigenvalue weighted by Crippen LogP contribution is 2.10. The van der Waals surface area contributed by atoms with E-state index in [0.29, 0.717) is 11.4 Å². The summed E-state index contributed by atoms with van der Waals surface area (Å²) in [4.78, 5) is 20.2. The van der Waals surface area contributed by atoms with Gasteiger partial charge in [-0.2, -0.15) is 0 Å². The van der Waals surface area contributed by atoms with Crippen LogP contribution >= 0.6 is 0 Å². The molecule has 2 aromatic rings. The molecule has 0 unspecified atom stereocenters. The minimum atomic E-state index is -0.107. The third kappa shape index (κ3) is 2.33. The van der Waals surface area contributed by atoms with E-state index in [1.165, 1.54) is 0 Å². The molecule has 0 spiro atoms. The van der Waals surface area contributed by atoms with Crippen LogP contribution in [0.5, 0.6) is 0 Å². The summed E-state index contributed by atoms with van der Waals surface area (Å²) >= 11 is 0. The summed E-state index contributed by atoms with van der Waals surface area (Å²) in [6, 6.07) is 3.38. The molecule has 0 aromatic carbocycles. The van der Waals surface area contributed by atoms with E-state index in [1.54, 1.807) is 24.5 Å². The third-order valence-corrected chi connectivity index (χ3v) is 2.56. The highest BCUT2D eigenvalue weighted by Gasteiger charge is 2.14. The maximum atomic E-state index is 12.0. The maximum Gasteiger partial charge on any atom is 0.190 e. The number of rotatable bonds is 4. The van der Waals surface area contributed by atoms with Crippen molar-refractivity contribution in [1.29, 1.82) is 0 Å². The SMILES string of the molecule is CCn1ccnc1CC(=O)c1ncccc1N. The van der Waals surface area contributed by atoms with Crippen molar-refractivity contribution in [2.24, 2.45) is 0 Å². The zero-order chi connectivity index (χ0) is 12.3. The minimum Gasteiger partial charge on any atom is -0.397 e. The van der Waals surface area contributed by atoms with Crippen molar-refractivity contribution in [1.82, 2.24) is 14.5 Å². The number of aromatic nitrogens is 3. The van der Waals surface area contributed by atoms with Crippen molar-refractivity contribution in [2.45, 2.75) is 19.9 Å². The van der Waals surface area contributed by atoms with Crippen molar-refractivity contribution in [3.8, 4) is 0 Å². The molecule has 0 saturated carbocycles. The molecule has 2 N–H and O–H groups in total. The number of imidazole rings is 1. The minimum absolute atomic E-state index is 0.107. The first kappa shape index (κ1) is 11.3. The Morgan fingerprint density at radius 3 is 2.94 bits per heavy atom. The zero-order valence-corrected chi connectivity index (χ0v) is 9.63. The fourth-order valence-electron chi connectivity index (χ4n) is 1.67. The van der Waals surface area contributed by atoms with E-state index in [2.05, 4.69) is 9.97 Å². The number of nitrogens with zero attached hydrogens (tertiary/aromatic N) is 3. The average Bonchev–Trinajstić information content (AvgIpc) is 2.76. The number of carbonyl (C=O) groups is 1. The van der Waals surface area contributed by atoms with Gasteiger partial charge in [-0.05, 0) is 19.1 Å². The van der Waals surface area contributed by atoms with Gasteiger partial charge >= 0.3 is 0 Å². The Morgan fingerprint density at radius 2 is 2.24 bits per heavy atom. The molecule has 5 nitrogen and oxygen atoms in total. The van der Waals surface area contributed by atoms with Gasteiger partial charge in [-0.1, -0.05) is 0 Å². The van der Waals surface area contributed by atoms with Crippen molar-refractivity contribution >= 4 is 11.5 Å². The molecule has 0 amide bonds. The molecular formula is C12H14N4O. The second-order valence-corrected chi connectivity index (χ2v) is 3.67. The van der Waals surface area contributed by atoms with Crippen LogP contribution in [0.2, 0.25) is 0 Å². The summed E-state index contributed by atoms with van der Waals surface area (Å²) in [6.45, 7) is 2.80. The van der Waals surface area contributed by atoms with Crippen LogP contribution in [-0.2, 0) is 13.0 Å². The van der Waals surface area contributed by atoms with Gasteiger partial charge < -0.3 is 10.3 Å². The van der Waals surface area contributed by atoms with E-state index in [4.69, 9.17) is 5.73 Å². The molecule has 0 radical (unpaired) electrons. The van der Waals surface area contributed by atoms with Gasteiger partial charge in [0.05, 0.1) is 12.1 Å². The van der Waals surface area contributed by atoms with Crippen LogP contribution in [0.25, 0.3) is 0 Å². The van der Waals surface area contributed by atoms with Crippen LogP contribution in [0, 0.1) is 0 Å². The first-order chi connectivity index (χ1) is 8.22. The number of anilines is 1. The van der Waals surface area contributed by atoms with E-state index in [9.17, 15) is 4.79 Å². The zero-order valence-electron chi connectivity index (χ0n) is 9.63. The van der Waals surface area contributed by atoms with Gasteiger partial charge in [-0.15, -0.1) is 0 Å². The maximum absolute atomic E-state index is 12.0. The number of hydrogen-bond donors (Lipinski definition) is 1. The molecule has 0 atom stereocenters. The van der Waals surface area contributed by atoms with Crippen LogP contribution in [0.1, 0.15) is 23.2 Å². The molecular weight excluding hydrogens is 216 g/mol. The van der Waals surface area contributed by atoms with Gasteiger partial charge in [-0.25, -0.2) is 4.98 Å². The molecule has 88 valence electrons. The molecule has 17 heavy (non-hydrogen) atoms. The normalized spacial score (nSPS) is 10.4. The lowest BCUT2D eigenvalue weighted by Gasteiger charge is -2.05. The Bertz CT molecular complexity index is 533. The topological polar surface area (TPSA) is 73.8 Å². The van der Waals surface area contributed by atoms with Crippen molar-refractivity contribution in [2.75, 3.05) is 5.73 Å². The van der Waals surface area contributed by atoms with Gasteiger partial charge in [0.2, 0.25) is 0 Å². The Balaban J connectivity index is 2.20. The molecule has 5 heteroatoms. The number of ketones is 1. The summed E-state index contributed by atoms with van der Waals surface area (Å²) in [5.41, 5.74) is 6.44. The molecule has 2 heterocycles. The first-order valence-corrected chi connectivity index (χ1v) is 5.46. The molecule has 2 aromatic heterocycles. The highest BCUT2D eigenvalue weighted by atomic mass is 16.1. The van der Waals surface area contributed by atoms with Crippen LogP contribution in [0.3, 0.4) is 0 Å². The number of nitrogens with two attached hydrogens (primary N) is 1. The van der Waals surface area contributed by atoms with Gasteiger partial charge in [0.15, 0.2) is 5.78 Å². The Kier molecular flexibility index (Phi) is 3.18. The summed E-state index contributed by atoms with van der Waals surface area (Å²) in [5.74, 6) is 0.631. The van der Waals surface area contributed by atoms with Crippen LogP contribution in [0.15, 0.2) is 30.7 Å². The third-order valence-electron chi connectivity index (χ3n) is 2.56. The summed E-state index contributed by atoms with van der Waals surface area (Å²) in [6.07, 6.45) is 5.33. The Morgan fingerprint density at radius 1 is 1.41 bits per heavy atom. The van der Waals surface area contributed by atoms with Gasteiger partial charge in [0.1, 0.15) is 11.5 Å². The van der Waals surface area contributed by atoms with E-state index < -0.39 is 0 Å². The lowest BCUT2D eigenvalue weighted by molar-refractivity contribution is 0.0986. The Labute approximate surface area is 99.3 Å². The predicted molar refractivity (Wildman–Crippen MR) is 64.6 cm³/mol. The Hall–Kier alpha value is -2.17. The van der Waals surface area contributed by atoms with Crippen LogP contribution < -0.4 is 5.73 Å². The van der Waals surface area contributed by atoms with E-state index in [-0.39, 0.29) is 12.2 Å². The second-order valence-electron chi connectivity index (χ2n) is 3.67. The second kappa shape index (κ2) is 4.78. The fourth-order valence-corrected chi connectivity index (χ4v) is 1.67. The van der Waals surface area contributed by atoms with Gasteiger partial charge in [0.25, 0.3) is 0 Å². The number of carbonyl (C=O) groups excluding carboxylic acids is 1. The highest BCUT2D eigenvalue weighted by molar-refractivity contribution is 5.99. The molecule has 2 rings (SSSR count). The summed E-state index contributed by atoms with van der Waals surface area (Å²) in [7, 11) is 0. The summed E-state index contributed by atoms with van der Waals surface area (Å²) in [5, 5.41) is 0. The lowest BCUT2D eigenvalue weighted by atomic mass is 10.1. The van der Waals surface area contributed by atoms with Gasteiger partial charge in [0, 0.05) is 25.1 Å². The lowest BCUT2D eigenvalue weighted by Crippen LogP contribution is -2.12. The number of hydrogen-bond acceptors (Lipinski definition) is 4. The standard InChI is InChI=1S/C12H14N4O/c1-2-16-7-6-14-11(16)8-10(17)12-9(13)4-3-5-15-12/h3-7H,2,8,13H2,1H3. The molecule has 0 aliphatic carbocycles.